The number of aromatic nitrogens is 1. The van der Waals surface area contributed by atoms with E-state index in [1.807, 2.05) is 6.07 Å². The molecule has 2 nitrogen and oxygen atoms in total. The Morgan fingerprint density at radius 3 is 2.92 bits per heavy atom. The van der Waals surface area contributed by atoms with E-state index < -0.39 is 0 Å². The first-order valence-corrected chi connectivity index (χ1v) is 4.84. The van der Waals surface area contributed by atoms with Crippen LogP contribution in [0.4, 0.5) is 5.69 Å². The third-order valence-corrected chi connectivity index (χ3v) is 2.85. The van der Waals surface area contributed by atoms with Gasteiger partial charge in [0.2, 0.25) is 0 Å². The van der Waals surface area contributed by atoms with Crippen LogP contribution in [0.15, 0.2) is 29.0 Å². The fourth-order valence-corrected chi connectivity index (χ4v) is 2.06. The van der Waals surface area contributed by atoms with Crippen LogP contribution in [-0.4, -0.2) is 4.98 Å². The number of pyridine rings is 1. The molecule has 0 amide bonds. The van der Waals surface area contributed by atoms with Crippen molar-refractivity contribution >= 4 is 44.0 Å². The van der Waals surface area contributed by atoms with Gasteiger partial charge in [0.05, 0.1) is 5.69 Å². The number of nitrogens with two attached hydrogens (primary N) is 1. The second kappa shape index (κ2) is 3.16. The number of halogens is 2. The molecule has 13 heavy (non-hydrogen) atoms. The van der Waals surface area contributed by atoms with Crippen LogP contribution >= 0.6 is 27.5 Å². The molecule has 0 radical (unpaired) electrons. The van der Waals surface area contributed by atoms with E-state index in [0.29, 0.717) is 10.7 Å². The lowest BCUT2D eigenvalue weighted by Crippen LogP contribution is -1.89. The van der Waals surface area contributed by atoms with E-state index in [4.69, 9.17) is 17.3 Å². The van der Waals surface area contributed by atoms with Crippen LogP contribution in [0.2, 0.25) is 5.02 Å². The Labute approximate surface area is 88.8 Å². The van der Waals surface area contributed by atoms with Crippen LogP contribution < -0.4 is 5.73 Å². The number of benzene rings is 1. The fourth-order valence-electron chi connectivity index (χ4n) is 1.21. The lowest BCUT2D eigenvalue weighted by Gasteiger charge is -2.05. The van der Waals surface area contributed by atoms with Gasteiger partial charge in [0.1, 0.15) is 0 Å². The first-order valence-electron chi connectivity index (χ1n) is 3.67. The van der Waals surface area contributed by atoms with Crippen molar-refractivity contribution in [2.45, 2.75) is 0 Å². The van der Waals surface area contributed by atoms with Crippen LogP contribution in [0.25, 0.3) is 10.8 Å². The fraction of sp³-hybridized carbons (Fsp3) is 0. The van der Waals surface area contributed by atoms with Crippen molar-refractivity contribution in [1.82, 2.24) is 4.98 Å². The molecule has 0 aliphatic rings. The molecule has 66 valence electrons. The zero-order chi connectivity index (χ0) is 9.42. The van der Waals surface area contributed by atoms with Crippen LogP contribution in [0.5, 0.6) is 0 Å². The molecule has 0 unspecified atom stereocenters. The minimum atomic E-state index is 0.674. The molecular formula is C9H6BrClN2. The molecule has 2 aromatic rings. The zero-order valence-electron chi connectivity index (χ0n) is 6.59. The quantitative estimate of drug-likeness (QED) is 0.736. The van der Waals surface area contributed by atoms with Crippen molar-refractivity contribution in [2.75, 3.05) is 5.73 Å². The Kier molecular flexibility index (Phi) is 2.14. The van der Waals surface area contributed by atoms with Gasteiger partial charge >= 0.3 is 0 Å². The lowest BCUT2D eigenvalue weighted by atomic mass is 10.1. The van der Waals surface area contributed by atoms with E-state index in [0.717, 1.165) is 15.2 Å². The number of hydrogen-bond acceptors (Lipinski definition) is 2. The van der Waals surface area contributed by atoms with Gasteiger partial charge in [-0.15, -0.1) is 0 Å². The highest BCUT2D eigenvalue weighted by Crippen LogP contribution is 2.33. The van der Waals surface area contributed by atoms with Crippen molar-refractivity contribution in [3.8, 4) is 0 Å². The summed E-state index contributed by atoms with van der Waals surface area (Å²) in [7, 11) is 0. The minimum absolute atomic E-state index is 0.674. The van der Waals surface area contributed by atoms with Crippen molar-refractivity contribution < 1.29 is 0 Å². The summed E-state index contributed by atoms with van der Waals surface area (Å²) in [4.78, 5) is 4.00. The van der Waals surface area contributed by atoms with Gasteiger partial charge in [-0.25, -0.2) is 0 Å². The normalized spacial score (nSPS) is 10.6. The highest BCUT2D eigenvalue weighted by Gasteiger charge is 2.05. The van der Waals surface area contributed by atoms with Gasteiger partial charge in [0.25, 0.3) is 0 Å². The van der Waals surface area contributed by atoms with Crippen LogP contribution in [0.1, 0.15) is 0 Å². The summed E-state index contributed by atoms with van der Waals surface area (Å²) in [6.45, 7) is 0. The number of rotatable bonds is 0. The molecule has 0 aliphatic carbocycles. The largest absolute Gasteiger partial charge is 0.397 e. The summed E-state index contributed by atoms with van der Waals surface area (Å²) in [5, 5.41) is 2.48. The van der Waals surface area contributed by atoms with Gasteiger partial charge < -0.3 is 5.73 Å². The van der Waals surface area contributed by atoms with Crippen LogP contribution in [-0.2, 0) is 0 Å². The Hall–Kier alpha value is -0.800. The van der Waals surface area contributed by atoms with Crippen molar-refractivity contribution in [1.29, 1.82) is 0 Å². The van der Waals surface area contributed by atoms with Gasteiger partial charge in [0, 0.05) is 32.7 Å². The summed E-state index contributed by atoms with van der Waals surface area (Å²) in [6.07, 6.45) is 3.41. The van der Waals surface area contributed by atoms with Gasteiger partial charge in [-0.05, 0) is 28.1 Å². The van der Waals surface area contributed by atoms with Crippen molar-refractivity contribution in [2.24, 2.45) is 0 Å². The maximum Gasteiger partial charge on any atom is 0.0554 e. The molecule has 0 spiro atoms. The summed E-state index contributed by atoms with van der Waals surface area (Å²) >= 11 is 9.35. The third-order valence-electron chi connectivity index (χ3n) is 1.88. The predicted octanol–water partition coefficient (Wildman–Crippen LogP) is 3.23. The van der Waals surface area contributed by atoms with Gasteiger partial charge in [-0.2, -0.15) is 0 Å². The maximum atomic E-state index is 6.02. The van der Waals surface area contributed by atoms with Crippen molar-refractivity contribution in [3.05, 3.63) is 34.0 Å². The first-order chi connectivity index (χ1) is 6.20. The second-order valence-electron chi connectivity index (χ2n) is 2.68. The molecule has 0 fully saturated rings. The summed E-state index contributed by atoms with van der Waals surface area (Å²) in [5.41, 5.74) is 6.52. The van der Waals surface area contributed by atoms with E-state index in [1.165, 1.54) is 0 Å². The Bertz CT molecular complexity index is 470. The minimum Gasteiger partial charge on any atom is -0.397 e. The second-order valence-corrected chi connectivity index (χ2v) is 3.94. The average Bonchev–Trinajstić information content (AvgIpc) is 2.15. The molecule has 0 aliphatic heterocycles. The van der Waals surface area contributed by atoms with Gasteiger partial charge in [0.15, 0.2) is 0 Å². The van der Waals surface area contributed by atoms with E-state index in [1.54, 1.807) is 18.5 Å². The highest BCUT2D eigenvalue weighted by atomic mass is 79.9. The number of anilines is 1. The standard InChI is InChI=1S/C9H6BrClN2/c10-7-3-8(11)5-1-2-13-4-6(5)9(7)12/h1-4H,12H2. The number of hydrogen-bond donors (Lipinski definition) is 1. The number of nitrogens with zero attached hydrogens (tertiary/aromatic N) is 1. The molecular weight excluding hydrogens is 251 g/mol. The summed E-state index contributed by atoms with van der Waals surface area (Å²) in [5.74, 6) is 0. The van der Waals surface area contributed by atoms with E-state index >= 15 is 0 Å². The summed E-state index contributed by atoms with van der Waals surface area (Å²) < 4.78 is 0.804. The molecule has 0 saturated carbocycles. The molecule has 0 saturated heterocycles. The first kappa shape index (κ1) is 8.78. The molecule has 4 heteroatoms. The van der Waals surface area contributed by atoms with E-state index in [2.05, 4.69) is 20.9 Å². The van der Waals surface area contributed by atoms with Crippen LogP contribution in [0, 0.1) is 0 Å². The lowest BCUT2D eigenvalue weighted by molar-refractivity contribution is 1.36. The van der Waals surface area contributed by atoms with E-state index in [-0.39, 0.29) is 0 Å². The summed E-state index contributed by atoms with van der Waals surface area (Å²) in [6, 6.07) is 3.64. The van der Waals surface area contributed by atoms with Gasteiger partial charge in [-0.1, -0.05) is 11.6 Å². The third kappa shape index (κ3) is 1.38. The number of fused-ring (bicyclic) bond motifs is 1. The monoisotopic (exact) mass is 256 g/mol. The molecule has 1 aromatic heterocycles. The zero-order valence-corrected chi connectivity index (χ0v) is 8.93. The highest BCUT2D eigenvalue weighted by molar-refractivity contribution is 9.10. The molecule has 1 heterocycles. The molecule has 0 bridgehead atoms. The molecule has 1 aromatic carbocycles. The molecule has 2 N–H and O–H groups in total. The molecule has 0 atom stereocenters. The smallest absolute Gasteiger partial charge is 0.0554 e. The SMILES string of the molecule is Nc1c(Br)cc(Cl)c2ccncc12. The van der Waals surface area contributed by atoms with Gasteiger partial charge in [-0.3, -0.25) is 4.98 Å². The Balaban J connectivity index is 2.97. The van der Waals surface area contributed by atoms with Crippen molar-refractivity contribution in [3.63, 3.8) is 0 Å². The Morgan fingerprint density at radius 2 is 2.15 bits per heavy atom. The predicted molar refractivity (Wildman–Crippen MR) is 58.9 cm³/mol. The maximum absolute atomic E-state index is 6.02. The van der Waals surface area contributed by atoms with Crippen LogP contribution in [0.3, 0.4) is 0 Å². The average molecular weight is 258 g/mol. The Morgan fingerprint density at radius 1 is 1.38 bits per heavy atom. The number of nitrogen functional groups attached to an aromatic ring is 1. The van der Waals surface area contributed by atoms with E-state index in [9.17, 15) is 0 Å². The topological polar surface area (TPSA) is 38.9 Å². The molecule has 2 rings (SSSR count).